The van der Waals surface area contributed by atoms with Crippen molar-refractivity contribution in [3.63, 3.8) is 0 Å². The number of nitrogens with two attached hydrogens (primary N) is 1. The van der Waals surface area contributed by atoms with Crippen LogP contribution in [0, 0.1) is 5.92 Å². The third-order valence-electron chi connectivity index (χ3n) is 2.99. The lowest BCUT2D eigenvalue weighted by Gasteiger charge is -2.18. The van der Waals surface area contributed by atoms with E-state index in [1.54, 1.807) is 25.3 Å². The van der Waals surface area contributed by atoms with Gasteiger partial charge in [0.05, 0.1) is 23.9 Å². The van der Waals surface area contributed by atoms with E-state index in [0.717, 1.165) is 6.42 Å². The number of carbonyl (C=O) groups is 1. The molecule has 0 bridgehead atoms. The van der Waals surface area contributed by atoms with Gasteiger partial charge in [0.2, 0.25) is 5.91 Å². The lowest BCUT2D eigenvalue weighted by Crippen LogP contribution is -2.40. The van der Waals surface area contributed by atoms with Crippen LogP contribution >= 0.6 is 11.6 Å². The van der Waals surface area contributed by atoms with Crippen molar-refractivity contribution in [3.8, 4) is 5.75 Å². The summed E-state index contributed by atoms with van der Waals surface area (Å²) in [5.41, 5.74) is 6.37. The molecule has 0 heterocycles. The number of methoxy groups -OCH3 is 1. The number of benzene rings is 1. The van der Waals surface area contributed by atoms with Gasteiger partial charge in [-0.25, -0.2) is 0 Å². The fourth-order valence-corrected chi connectivity index (χ4v) is 1.62. The van der Waals surface area contributed by atoms with Gasteiger partial charge >= 0.3 is 0 Å². The maximum Gasteiger partial charge on any atom is 0.241 e. The molecule has 100 valence electrons. The molecule has 0 aliphatic carbocycles. The molecular weight excluding hydrogens is 252 g/mol. The van der Waals surface area contributed by atoms with Crippen LogP contribution in [0.2, 0.25) is 5.02 Å². The normalized spacial score (nSPS) is 13.8. The van der Waals surface area contributed by atoms with E-state index >= 15 is 0 Å². The van der Waals surface area contributed by atoms with E-state index < -0.39 is 6.04 Å². The average molecular weight is 271 g/mol. The molecule has 0 aliphatic rings. The number of halogens is 1. The minimum Gasteiger partial charge on any atom is -0.497 e. The molecule has 1 rings (SSSR count). The van der Waals surface area contributed by atoms with Crippen molar-refractivity contribution >= 4 is 23.2 Å². The van der Waals surface area contributed by atoms with Crippen LogP contribution in [0.3, 0.4) is 0 Å². The smallest absolute Gasteiger partial charge is 0.241 e. The van der Waals surface area contributed by atoms with Crippen molar-refractivity contribution in [1.82, 2.24) is 0 Å². The van der Waals surface area contributed by atoms with Crippen LogP contribution in [0.1, 0.15) is 20.3 Å². The number of anilines is 1. The lowest BCUT2D eigenvalue weighted by atomic mass is 9.99. The summed E-state index contributed by atoms with van der Waals surface area (Å²) in [7, 11) is 1.56. The summed E-state index contributed by atoms with van der Waals surface area (Å²) in [6.07, 6.45) is 0.848. The van der Waals surface area contributed by atoms with E-state index in [1.807, 2.05) is 13.8 Å². The summed E-state index contributed by atoms with van der Waals surface area (Å²) in [5, 5.41) is 3.18. The van der Waals surface area contributed by atoms with Gasteiger partial charge in [-0.3, -0.25) is 4.79 Å². The van der Waals surface area contributed by atoms with Crippen LogP contribution in [0.25, 0.3) is 0 Å². The Kier molecular flexibility index (Phi) is 5.44. The molecule has 0 spiro atoms. The van der Waals surface area contributed by atoms with Crippen molar-refractivity contribution in [2.45, 2.75) is 26.3 Å². The molecule has 1 aromatic carbocycles. The molecule has 0 saturated heterocycles. The maximum absolute atomic E-state index is 11.9. The third kappa shape index (κ3) is 3.62. The molecule has 2 atom stereocenters. The van der Waals surface area contributed by atoms with E-state index in [2.05, 4.69) is 5.32 Å². The molecule has 1 aromatic rings. The lowest BCUT2D eigenvalue weighted by molar-refractivity contribution is -0.118. The van der Waals surface area contributed by atoms with Crippen molar-refractivity contribution < 1.29 is 9.53 Å². The minimum atomic E-state index is -0.544. The summed E-state index contributed by atoms with van der Waals surface area (Å²) in [5.74, 6) is 0.515. The second-order valence-electron chi connectivity index (χ2n) is 4.25. The number of carbonyl (C=O) groups excluding carboxylic acids is 1. The fourth-order valence-electron chi connectivity index (χ4n) is 1.46. The first-order chi connectivity index (χ1) is 8.49. The molecule has 0 saturated carbocycles. The van der Waals surface area contributed by atoms with Gasteiger partial charge in [-0.15, -0.1) is 0 Å². The first-order valence-corrected chi connectivity index (χ1v) is 6.27. The van der Waals surface area contributed by atoms with Crippen molar-refractivity contribution in [1.29, 1.82) is 0 Å². The van der Waals surface area contributed by atoms with E-state index in [1.165, 1.54) is 0 Å². The van der Waals surface area contributed by atoms with Gasteiger partial charge in [0.15, 0.2) is 0 Å². The Morgan fingerprint density at radius 2 is 2.22 bits per heavy atom. The van der Waals surface area contributed by atoms with Crippen molar-refractivity contribution in [3.05, 3.63) is 23.2 Å². The highest BCUT2D eigenvalue weighted by atomic mass is 35.5. The zero-order chi connectivity index (χ0) is 13.7. The first-order valence-electron chi connectivity index (χ1n) is 5.89. The number of amides is 1. The number of rotatable bonds is 5. The predicted octanol–water partition coefficient (Wildman–Crippen LogP) is 2.66. The molecule has 3 N–H and O–H groups in total. The van der Waals surface area contributed by atoms with E-state index in [-0.39, 0.29) is 11.8 Å². The summed E-state index contributed by atoms with van der Waals surface area (Å²) in [6, 6.07) is 4.53. The number of nitrogens with one attached hydrogen (secondary N) is 1. The molecule has 0 aliphatic heterocycles. The van der Waals surface area contributed by atoms with Crippen molar-refractivity contribution in [2.75, 3.05) is 12.4 Å². The predicted molar refractivity (Wildman–Crippen MR) is 74.1 cm³/mol. The van der Waals surface area contributed by atoms with Crippen LogP contribution in [0.15, 0.2) is 18.2 Å². The Bertz CT molecular complexity index is 423. The van der Waals surface area contributed by atoms with Crippen LogP contribution in [-0.2, 0) is 4.79 Å². The van der Waals surface area contributed by atoms with Gasteiger partial charge < -0.3 is 15.8 Å². The Balaban J connectivity index is 2.81. The molecule has 0 fully saturated rings. The van der Waals surface area contributed by atoms with E-state index in [4.69, 9.17) is 22.1 Å². The quantitative estimate of drug-likeness (QED) is 0.865. The molecule has 18 heavy (non-hydrogen) atoms. The summed E-state index contributed by atoms with van der Waals surface area (Å²) >= 11 is 6.00. The molecule has 0 aromatic heterocycles. The minimum absolute atomic E-state index is 0.120. The molecule has 1 amide bonds. The Morgan fingerprint density at radius 3 is 2.78 bits per heavy atom. The van der Waals surface area contributed by atoms with Gasteiger partial charge in [0.1, 0.15) is 5.75 Å². The summed E-state index contributed by atoms with van der Waals surface area (Å²) in [4.78, 5) is 11.9. The number of ether oxygens (including phenoxy) is 1. The number of hydrogen-bond acceptors (Lipinski definition) is 3. The average Bonchev–Trinajstić information content (AvgIpc) is 2.39. The monoisotopic (exact) mass is 270 g/mol. The Morgan fingerprint density at radius 1 is 1.56 bits per heavy atom. The van der Waals surface area contributed by atoms with Gasteiger partial charge in [-0.1, -0.05) is 31.9 Å². The van der Waals surface area contributed by atoms with E-state index in [9.17, 15) is 4.79 Å². The van der Waals surface area contributed by atoms with Crippen LogP contribution in [0.5, 0.6) is 5.75 Å². The topological polar surface area (TPSA) is 64.4 Å². The number of hydrogen-bond donors (Lipinski definition) is 2. The highest BCUT2D eigenvalue weighted by Gasteiger charge is 2.20. The Hall–Kier alpha value is -1.26. The molecule has 0 radical (unpaired) electrons. The van der Waals surface area contributed by atoms with Gasteiger partial charge in [-0.05, 0) is 18.1 Å². The Labute approximate surface area is 112 Å². The van der Waals surface area contributed by atoms with Gasteiger partial charge in [-0.2, -0.15) is 0 Å². The fraction of sp³-hybridized carbons (Fsp3) is 0.462. The summed E-state index contributed by atoms with van der Waals surface area (Å²) < 4.78 is 5.08. The molecule has 5 heteroatoms. The van der Waals surface area contributed by atoms with Crippen molar-refractivity contribution in [2.24, 2.45) is 11.7 Å². The first kappa shape index (κ1) is 14.8. The molecule has 0 unspecified atom stereocenters. The molecular formula is C13H19ClN2O2. The van der Waals surface area contributed by atoms with Gasteiger partial charge in [0, 0.05) is 6.07 Å². The zero-order valence-electron chi connectivity index (χ0n) is 10.9. The third-order valence-corrected chi connectivity index (χ3v) is 3.32. The molecule has 4 nitrogen and oxygen atoms in total. The second kappa shape index (κ2) is 6.61. The van der Waals surface area contributed by atoms with E-state index in [0.29, 0.717) is 16.5 Å². The van der Waals surface area contributed by atoms with Crippen LogP contribution < -0.4 is 15.8 Å². The highest BCUT2D eigenvalue weighted by Crippen LogP contribution is 2.27. The van der Waals surface area contributed by atoms with Crippen LogP contribution in [-0.4, -0.2) is 19.1 Å². The largest absolute Gasteiger partial charge is 0.497 e. The SMILES string of the molecule is CC[C@H](C)[C@H](N)C(=O)Nc1cc(OC)ccc1Cl. The highest BCUT2D eigenvalue weighted by molar-refractivity contribution is 6.33. The maximum atomic E-state index is 11.9. The van der Waals surface area contributed by atoms with Gasteiger partial charge in [0.25, 0.3) is 0 Å². The standard InChI is InChI=1S/C13H19ClN2O2/c1-4-8(2)12(15)13(17)16-11-7-9(18-3)5-6-10(11)14/h5-8,12H,4,15H2,1-3H3,(H,16,17)/t8-,12-/m0/s1. The summed E-state index contributed by atoms with van der Waals surface area (Å²) in [6.45, 7) is 3.94. The zero-order valence-corrected chi connectivity index (χ0v) is 11.6. The van der Waals surface area contributed by atoms with Crippen LogP contribution in [0.4, 0.5) is 5.69 Å². The second-order valence-corrected chi connectivity index (χ2v) is 4.65.